The molecule has 1 unspecified atom stereocenters. The van der Waals surface area contributed by atoms with Crippen LogP contribution in [0.3, 0.4) is 0 Å². The van der Waals surface area contributed by atoms with Gasteiger partial charge in [-0.25, -0.2) is 0 Å². The quantitative estimate of drug-likeness (QED) is 0.293. The Morgan fingerprint density at radius 3 is 1.48 bits per heavy atom. The van der Waals surface area contributed by atoms with Gasteiger partial charge in [0.25, 0.3) is 0 Å². The van der Waals surface area contributed by atoms with E-state index in [1.807, 2.05) is 6.08 Å². The molecule has 142 valence electrons. The molecule has 0 aromatic carbocycles. The monoisotopic (exact) mass is 342 g/mol. The van der Waals surface area contributed by atoms with E-state index in [0.29, 0.717) is 5.92 Å². The van der Waals surface area contributed by atoms with Gasteiger partial charge in [-0.05, 0) is 91.9 Å². The summed E-state index contributed by atoms with van der Waals surface area (Å²) in [7, 11) is 0. The van der Waals surface area contributed by atoms with Crippen LogP contribution in [0.25, 0.3) is 0 Å². The molecule has 0 aliphatic heterocycles. The third-order valence-electron chi connectivity index (χ3n) is 4.67. The Hall–Kier alpha value is -1.30. The summed E-state index contributed by atoms with van der Waals surface area (Å²) in [5, 5.41) is 0. The van der Waals surface area contributed by atoms with Crippen LogP contribution in [0, 0.1) is 5.92 Å². The van der Waals surface area contributed by atoms with Gasteiger partial charge < -0.3 is 0 Å². The molecule has 0 amide bonds. The highest BCUT2D eigenvalue weighted by molar-refractivity contribution is 5.07. The van der Waals surface area contributed by atoms with Crippen molar-refractivity contribution in [2.24, 2.45) is 5.92 Å². The normalized spacial score (nSPS) is 14.4. The van der Waals surface area contributed by atoms with Crippen LogP contribution in [-0.2, 0) is 0 Å². The molecule has 0 N–H and O–H groups in total. The van der Waals surface area contributed by atoms with Crippen LogP contribution in [0.5, 0.6) is 0 Å². The van der Waals surface area contributed by atoms with Gasteiger partial charge in [-0.2, -0.15) is 0 Å². The third kappa shape index (κ3) is 15.9. The zero-order valence-corrected chi connectivity index (χ0v) is 17.8. The van der Waals surface area contributed by atoms with Crippen molar-refractivity contribution >= 4 is 0 Å². The summed E-state index contributed by atoms with van der Waals surface area (Å²) in [5.41, 5.74) is 6.00. The van der Waals surface area contributed by atoms with Gasteiger partial charge in [-0.1, -0.05) is 59.6 Å². The zero-order chi connectivity index (χ0) is 19.1. The number of hydrogen-bond acceptors (Lipinski definition) is 0. The molecule has 0 nitrogen and oxygen atoms in total. The van der Waals surface area contributed by atoms with E-state index in [-0.39, 0.29) is 0 Å². The largest absolute Gasteiger partial charge is 0.103 e. The highest BCUT2D eigenvalue weighted by Crippen LogP contribution is 2.15. The van der Waals surface area contributed by atoms with E-state index in [4.69, 9.17) is 0 Å². The second kappa shape index (κ2) is 15.0. The van der Waals surface area contributed by atoms with Gasteiger partial charge in [0, 0.05) is 0 Å². The molecule has 0 fully saturated rings. The molecule has 0 aromatic heterocycles. The number of allylic oxidation sites excluding steroid dienone is 9. The molecule has 0 spiro atoms. The topological polar surface area (TPSA) is 0 Å². The molecule has 0 radical (unpaired) electrons. The van der Waals surface area contributed by atoms with E-state index in [2.05, 4.69) is 72.4 Å². The second-order valence-electron chi connectivity index (χ2n) is 7.84. The highest BCUT2D eigenvalue weighted by Gasteiger charge is 1.96. The molecule has 0 bridgehead atoms. The van der Waals surface area contributed by atoms with Gasteiger partial charge >= 0.3 is 0 Å². The third-order valence-corrected chi connectivity index (χ3v) is 4.67. The lowest BCUT2D eigenvalue weighted by Crippen LogP contribution is -1.87. The standard InChI is InChI=1S/C25H42/c1-8-22(4)14-10-16-24(6)18-12-20-25(7)19-11-17-23(5)15-9-13-21(2)3/h8,13,16-17,20,22H,1,9-12,14-15,18-19H2,2-7H3. The summed E-state index contributed by atoms with van der Waals surface area (Å²) < 4.78 is 0. The fourth-order valence-electron chi connectivity index (χ4n) is 2.70. The predicted molar refractivity (Wildman–Crippen MR) is 117 cm³/mol. The van der Waals surface area contributed by atoms with Crippen LogP contribution in [-0.4, -0.2) is 0 Å². The maximum absolute atomic E-state index is 3.85. The van der Waals surface area contributed by atoms with E-state index >= 15 is 0 Å². The van der Waals surface area contributed by atoms with Crippen molar-refractivity contribution in [2.45, 2.75) is 92.9 Å². The second-order valence-corrected chi connectivity index (χ2v) is 7.84. The van der Waals surface area contributed by atoms with Gasteiger partial charge in [-0.3, -0.25) is 0 Å². The van der Waals surface area contributed by atoms with Gasteiger partial charge in [0.15, 0.2) is 0 Å². The fourth-order valence-corrected chi connectivity index (χ4v) is 2.70. The van der Waals surface area contributed by atoms with Gasteiger partial charge in [0.05, 0.1) is 0 Å². The summed E-state index contributed by atoms with van der Waals surface area (Å²) in [6, 6.07) is 0. The average Bonchev–Trinajstić information content (AvgIpc) is 2.54. The molecule has 0 aliphatic carbocycles. The van der Waals surface area contributed by atoms with Crippen LogP contribution in [0.4, 0.5) is 0 Å². The van der Waals surface area contributed by atoms with Crippen molar-refractivity contribution in [3.63, 3.8) is 0 Å². The van der Waals surface area contributed by atoms with Crippen molar-refractivity contribution in [2.75, 3.05) is 0 Å². The minimum Gasteiger partial charge on any atom is -0.103 e. The number of rotatable bonds is 13. The Bertz CT molecular complexity index is 478. The lowest BCUT2D eigenvalue weighted by molar-refractivity contribution is 0.656. The van der Waals surface area contributed by atoms with Gasteiger partial charge in [-0.15, -0.1) is 6.58 Å². The van der Waals surface area contributed by atoms with Crippen LogP contribution in [0.2, 0.25) is 0 Å². The zero-order valence-electron chi connectivity index (χ0n) is 17.8. The van der Waals surface area contributed by atoms with E-state index < -0.39 is 0 Å². The summed E-state index contributed by atoms with van der Waals surface area (Å²) in [4.78, 5) is 0. The molecule has 0 saturated heterocycles. The van der Waals surface area contributed by atoms with Crippen LogP contribution < -0.4 is 0 Å². The van der Waals surface area contributed by atoms with Crippen molar-refractivity contribution in [1.29, 1.82) is 0 Å². The summed E-state index contributed by atoms with van der Waals surface area (Å²) in [6.45, 7) is 17.2. The minimum atomic E-state index is 0.629. The van der Waals surface area contributed by atoms with Gasteiger partial charge in [0.2, 0.25) is 0 Å². The molecule has 0 aromatic rings. The Morgan fingerprint density at radius 1 is 0.680 bits per heavy atom. The Kier molecular flexibility index (Phi) is 14.2. The van der Waals surface area contributed by atoms with Crippen molar-refractivity contribution in [3.8, 4) is 0 Å². The molecule has 25 heavy (non-hydrogen) atoms. The Labute approximate surface area is 158 Å². The lowest BCUT2D eigenvalue weighted by atomic mass is 10.0. The smallest absolute Gasteiger partial charge is 0.0262 e. The van der Waals surface area contributed by atoms with Crippen molar-refractivity contribution in [1.82, 2.24) is 0 Å². The summed E-state index contributed by atoms with van der Waals surface area (Å²) >= 11 is 0. The van der Waals surface area contributed by atoms with E-state index in [0.717, 1.165) is 0 Å². The highest BCUT2D eigenvalue weighted by atomic mass is 14.0. The first-order valence-electron chi connectivity index (χ1n) is 10.1. The molecular weight excluding hydrogens is 300 g/mol. The molecule has 0 aliphatic rings. The lowest BCUT2D eigenvalue weighted by Gasteiger charge is -2.04. The number of hydrogen-bond donors (Lipinski definition) is 0. The minimum absolute atomic E-state index is 0.629. The maximum Gasteiger partial charge on any atom is -0.0262 e. The molecule has 0 heteroatoms. The molecule has 0 heterocycles. The fraction of sp³-hybridized carbons (Fsp3) is 0.600. The predicted octanol–water partition coefficient (Wildman–Crippen LogP) is 8.73. The van der Waals surface area contributed by atoms with E-state index in [1.165, 1.54) is 73.7 Å². The molecule has 0 saturated carbocycles. The first-order chi connectivity index (χ1) is 11.8. The summed E-state index contributed by atoms with van der Waals surface area (Å²) in [6.07, 6.45) is 21.1. The SMILES string of the molecule is C=CC(C)CCC=C(C)CCC=C(C)CCC=C(C)CCC=C(C)C. The van der Waals surface area contributed by atoms with Crippen LogP contribution in [0.1, 0.15) is 92.9 Å². The van der Waals surface area contributed by atoms with Crippen LogP contribution >= 0.6 is 0 Å². The Balaban J connectivity index is 3.99. The van der Waals surface area contributed by atoms with E-state index in [9.17, 15) is 0 Å². The molecule has 1 atom stereocenters. The van der Waals surface area contributed by atoms with E-state index in [1.54, 1.807) is 0 Å². The van der Waals surface area contributed by atoms with Crippen molar-refractivity contribution in [3.05, 3.63) is 59.3 Å². The first-order valence-corrected chi connectivity index (χ1v) is 10.1. The molecule has 0 rings (SSSR count). The first kappa shape index (κ1) is 23.7. The maximum atomic E-state index is 3.85. The Morgan fingerprint density at radius 2 is 1.08 bits per heavy atom. The summed E-state index contributed by atoms with van der Waals surface area (Å²) in [5.74, 6) is 0.629. The van der Waals surface area contributed by atoms with Crippen molar-refractivity contribution < 1.29 is 0 Å². The average molecular weight is 343 g/mol. The molecular formula is C25H42. The van der Waals surface area contributed by atoms with Crippen LogP contribution in [0.15, 0.2) is 59.3 Å². The van der Waals surface area contributed by atoms with Gasteiger partial charge in [0.1, 0.15) is 0 Å².